The average molecular weight is 389 g/mol. The summed E-state index contributed by atoms with van der Waals surface area (Å²) in [6.07, 6.45) is 3.98. The first kappa shape index (κ1) is 17.8. The van der Waals surface area contributed by atoms with Gasteiger partial charge in [-0.1, -0.05) is 18.6 Å². The van der Waals surface area contributed by atoms with E-state index in [9.17, 15) is 4.79 Å². The van der Waals surface area contributed by atoms with Gasteiger partial charge in [0.05, 0.1) is 18.1 Å². The van der Waals surface area contributed by atoms with Crippen LogP contribution in [-0.4, -0.2) is 29.0 Å². The Morgan fingerprint density at radius 2 is 2.10 bits per heavy atom. The van der Waals surface area contributed by atoms with Gasteiger partial charge in [0.25, 0.3) is 5.91 Å². The minimum atomic E-state index is -0.171. The lowest BCUT2D eigenvalue weighted by molar-refractivity contribution is 0.0898. The van der Waals surface area contributed by atoms with Crippen molar-refractivity contribution in [2.75, 3.05) is 7.11 Å². The number of amides is 1. The molecule has 2 heterocycles. The van der Waals surface area contributed by atoms with Gasteiger partial charge >= 0.3 is 0 Å². The Labute approximate surface area is 168 Å². The summed E-state index contributed by atoms with van der Waals surface area (Å²) in [6.45, 7) is 0. The van der Waals surface area contributed by atoms with Crippen molar-refractivity contribution in [3.8, 4) is 5.75 Å². The van der Waals surface area contributed by atoms with Crippen molar-refractivity contribution in [1.82, 2.24) is 15.3 Å². The number of rotatable bonds is 4. The zero-order chi connectivity index (χ0) is 19.8. The van der Waals surface area contributed by atoms with E-state index in [0.717, 1.165) is 53.7 Å². The van der Waals surface area contributed by atoms with Crippen molar-refractivity contribution in [1.29, 1.82) is 0 Å². The second kappa shape index (κ2) is 7.28. The Balaban J connectivity index is 1.30. The number of imidazole rings is 1. The SMILES string of the molecule is COc1ccc2oc(C(=O)N[C@@H]3CCC[C@H](c4nc5ccccc5[nH]4)C3)cc2c1. The Morgan fingerprint density at radius 1 is 1.21 bits per heavy atom. The zero-order valence-electron chi connectivity index (χ0n) is 16.3. The number of carbonyl (C=O) groups is 1. The predicted octanol–water partition coefficient (Wildman–Crippen LogP) is 4.77. The second-order valence-electron chi connectivity index (χ2n) is 7.69. The van der Waals surface area contributed by atoms with Crippen LogP contribution in [0.2, 0.25) is 0 Å². The lowest BCUT2D eigenvalue weighted by Crippen LogP contribution is -2.38. The van der Waals surface area contributed by atoms with Crippen LogP contribution in [0.3, 0.4) is 0 Å². The molecule has 1 fully saturated rings. The molecule has 6 nitrogen and oxygen atoms in total. The summed E-state index contributed by atoms with van der Waals surface area (Å²) in [5, 5.41) is 4.01. The Morgan fingerprint density at radius 3 is 2.97 bits per heavy atom. The van der Waals surface area contributed by atoms with E-state index in [-0.39, 0.29) is 11.9 Å². The van der Waals surface area contributed by atoms with Crippen molar-refractivity contribution in [3.05, 3.63) is 60.1 Å². The number of hydrogen-bond donors (Lipinski definition) is 2. The van der Waals surface area contributed by atoms with E-state index in [0.29, 0.717) is 17.3 Å². The molecule has 2 aromatic carbocycles. The molecule has 29 heavy (non-hydrogen) atoms. The molecule has 5 rings (SSSR count). The first-order valence-electron chi connectivity index (χ1n) is 10.0. The van der Waals surface area contributed by atoms with Gasteiger partial charge in [-0.2, -0.15) is 0 Å². The molecule has 4 aromatic rings. The largest absolute Gasteiger partial charge is 0.497 e. The number of nitrogens with one attached hydrogen (secondary N) is 2. The van der Waals surface area contributed by atoms with E-state index >= 15 is 0 Å². The summed E-state index contributed by atoms with van der Waals surface area (Å²) < 4.78 is 11.0. The zero-order valence-corrected chi connectivity index (χ0v) is 16.3. The van der Waals surface area contributed by atoms with Gasteiger partial charge in [-0.15, -0.1) is 0 Å². The molecular formula is C23H23N3O3. The Bertz CT molecular complexity index is 1140. The molecule has 148 valence electrons. The molecule has 0 unspecified atom stereocenters. The summed E-state index contributed by atoms with van der Waals surface area (Å²) in [4.78, 5) is 21.0. The number of para-hydroxylation sites is 2. The molecule has 6 heteroatoms. The van der Waals surface area contributed by atoms with Gasteiger partial charge in [-0.25, -0.2) is 4.98 Å². The molecule has 0 saturated heterocycles. The average Bonchev–Trinajstić information content (AvgIpc) is 3.37. The van der Waals surface area contributed by atoms with E-state index in [1.165, 1.54) is 0 Å². The Kier molecular flexibility index (Phi) is 4.46. The third kappa shape index (κ3) is 3.46. The molecule has 2 aromatic heterocycles. The first-order valence-corrected chi connectivity index (χ1v) is 10.0. The van der Waals surface area contributed by atoms with Gasteiger partial charge in [0, 0.05) is 17.3 Å². The number of aromatic amines is 1. The molecule has 1 aliphatic carbocycles. The van der Waals surface area contributed by atoms with Gasteiger partial charge in [-0.05, 0) is 55.7 Å². The smallest absolute Gasteiger partial charge is 0.287 e. The van der Waals surface area contributed by atoms with Crippen molar-refractivity contribution in [2.45, 2.75) is 37.6 Å². The van der Waals surface area contributed by atoms with Crippen molar-refractivity contribution < 1.29 is 13.9 Å². The van der Waals surface area contributed by atoms with Gasteiger partial charge in [-0.3, -0.25) is 4.79 Å². The molecule has 1 saturated carbocycles. The maximum absolute atomic E-state index is 12.8. The molecule has 2 N–H and O–H groups in total. The molecular weight excluding hydrogens is 366 g/mol. The monoisotopic (exact) mass is 389 g/mol. The molecule has 2 atom stereocenters. The van der Waals surface area contributed by atoms with Crippen LogP contribution in [-0.2, 0) is 0 Å². The fourth-order valence-electron chi connectivity index (χ4n) is 4.25. The van der Waals surface area contributed by atoms with Crippen LogP contribution < -0.4 is 10.1 Å². The number of furan rings is 1. The highest BCUT2D eigenvalue weighted by Gasteiger charge is 2.27. The van der Waals surface area contributed by atoms with E-state index in [1.54, 1.807) is 13.2 Å². The summed E-state index contributed by atoms with van der Waals surface area (Å²) in [5.41, 5.74) is 2.73. The predicted molar refractivity (Wildman–Crippen MR) is 111 cm³/mol. The summed E-state index contributed by atoms with van der Waals surface area (Å²) in [7, 11) is 1.62. The highest BCUT2D eigenvalue weighted by molar-refractivity contribution is 5.96. The van der Waals surface area contributed by atoms with Crippen LogP contribution in [0.1, 0.15) is 48.0 Å². The third-order valence-electron chi connectivity index (χ3n) is 5.75. The first-order chi connectivity index (χ1) is 14.2. The summed E-state index contributed by atoms with van der Waals surface area (Å²) in [6, 6.07) is 15.5. The number of benzene rings is 2. The highest BCUT2D eigenvalue weighted by Crippen LogP contribution is 2.33. The van der Waals surface area contributed by atoms with Crippen molar-refractivity contribution in [2.24, 2.45) is 0 Å². The summed E-state index contributed by atoms with van der Waals surface area (Å²) in [5.74, 6) is 2.24. The third-order valence-corrected chi connectivity index (χ3v) is 5.75. The van der Waals surface area contributed by atoms with Crippen LogP contribution in [0.5, 0.6) is 5.75 Å². The molecule has 1 aliphatic rings. The lowest BCUT2D eigenvalue weighted by atomic mass is 9.85. The van der Waals surface area contributed by atoms with E-state index in [4.69, 9.17) is 14.1 Å². The lowest BCUT2D eigenvalue weighted by Gasteiger charge is -2.28. The van der Waals surface area contributed by atoms with Crippen LogP contribution in [0.25, 0.3) is 22.0 Å². The van der Waals surface area contributed by atoms with Crippen LogP contribution in [0.4, 0.5) is 0 Å². The minimum absolute atomic E-state index is 0.109. The number of fused-ring (bicyclic) bond motifs is 2. The fourth-order valence-corrected chi connectivity index (χ4v) is 4.25. The topological polar surface area (TPSA) is 80.2 Å². The van der Waals surface area contributed by atoms with Crippen LogP contribution >= 0.6 is 0 Å². The number of carbonyl (C=O) groups excluding carboxylic acids is 1. The molecule has 0 aliphatic heterocycles. The number of H-pyrrole nitrogens is 1. The molecule has 0 bridgehead atoms. The van der Waals surface area contributed by atoms with Gasteiger partial charge in [0.15, 0.2) is 5.76 Å². The van der Waals surface area contributed by atoms with Crippen LogP contribution in [0, 0.1) is 0 Å². The van der Waals surface area contributed by atoms with Gasteiger partial charge in [0.1, 0.15) is 17.2 Å². The van der Waals surface area contributed by atoms with E-state index < -0.39 is 0 Å². The maximum Gasteiger partial charge on any atom is 0.287 e. The van der Waals surface area contributed by atoms with Gasteiger partial charge in [0.2, 0.25) is 0 Å². The highest BCUT2D eigenvalue weighted by atomic mass is 16.5. The quantitative estimate of drug-likeness (QED) is 0.527. The standard InChI is InChI=1S/C23H23N3O3/c1-28-17-9-10-20-15(12-17)13-21(29-20)23(27)24-16-6-4-5-14(11-16)22-25-18-7-2-3-8-19(18)26-22/h2-3,7-10,12-14,16H,4-6,11H2,1H3,(H,24,27)(H,25,26)/t14-,16+/m0/s1. The van der Waals surface area contributed by atoms with Crippen molar-refractivity contribution >= 4 is 27.9 Å². The number of aromatic nitrogens is 2. The van der Waals surface area contributed by atoms with Crippen molar-refractivity contribution in [3.63, 3.8) is 0 Å². The number of ether oxygens (including phenoxy) is 1. The Hall–Kier alpha value is -3.28. The second-order valence-corrected chi connectivity index (χ2v) is 7.69. The maximum atomic E-state index is 12.8. The molecule has 0 spiro atoms. The minimum Gasteiger partial charge on any atom is -0.497 e. The van der Waals surface area contributed by atoms with Crippen LogP contribution in [0.15, 0.2) is 52.9 Å². The normalized spacial score (nSPS) is 19.5. The summed E-state index contributed by atoms with van der Waals surface area (Å²) >= 11 is 0. The van der Waals surface area contributed by atoms with E-state index in [1.807, 2.05) is 42.5 Å². The number of methoxy groups -OCH3 is 1. The van der Waals surface area contributed by atoms with Gasteiger partial charge < -0.3 is 19.5 Å². The number of hydrogen-bond acceptors (Lipinski definition) is 4. The molecule has 0 radical (unpaired) electrons. The van der Waals surface area contributed by atoms with E-state index in [2.05, 4.69) is 10.3 Å². The number of nitrogens with zero attached hydrogens (tertiary/aromatic N) is 1. The molecule has 1 amide bonds. The fraction of sp³-hybridized carbons (Fsp3) is 0.304.